The highest BCUT2D eigenvalue weighted by Gasteiger charge is 2.32. The molecule has 1 aliphatic rings. The molecular weight excluding hydrogens is 420 g/mol. The molecule has 0 aliphatic carbocycles. The molecule has 30 heavy (non-hydrogen) atoms. The second-order valence-electron chi connectivity index (χ2n) is 7.48. The lowest BCUT2D eigenvalue weighted by Crippen LogP contribution is -2.35. The first kappa shape index (κ1) is 20.4. The first-order valence-electron chi connectivity index (χ1n) is 9.57. The highest BCUT2D eigenvalue weighted by atomic mass is 35.5. The van der Waals surface area contributed by atoms with Crippen molar-refractivity contribution in [1.82, 2.24) is 0 Å². The number of rotatable bonds is 4. The maximum absolute atomic E-state index is 13.3. The molecule has 0 aromatic heterocycles. The van der Waals surface area contributed by atoms with Crippen molar-refractivity contribution < 1.29 is 13.2 Å². The van der Waals surface area contributed by atoms with E-state index in [2.05, 4.69) is 4.72 Å². The molecule has 1 atom stereocenters. The Bertz CT molecular complexity index is 1240. The van der Waals surface area contributed by atoms with Crippen LogP contribution in [0.2, 0.25) is 5.02 Å². The molecule has 7 heteroatoms. The van der Waals surface area contributed by atoms with Gasteiger partial charge in [-0.3, -0.25) is 9.52 Å². The summed E-state index contributed by atoms with van der Waals surface area (Å²) in [6, 6.07) is 19.1. The summed E-state index contributed by atoms with van der Waals surface area (Å²) < 4.78 is 28.5. The van der Waals surface area contributed by atoms with Gasteiger partial charge in [-0.05, 0) is 67.8 Å². The van der Waals surface area contributed by atoms with Gasteiger partial charge in [0.2, 0.25) is 0 Å². The Morgan fingerprint density at radius 1 is 1.07 bits per heavy atom. The molecule has 3 aromatic carbocycles. The van der Waals surface area contributed by atoms with Crippen LogP contribution in [-0.4, -0.2) is 20.4 Å². The van der Waals surface area contributed by atoms with Crippen LogP contribution in [0.1, 0.15) is 28.4 Å². The highest BCUT2D eigenvalue weighted by Crippen LogP contribution is 2.34. The Morgan fingerprint density at radius 2 is 1.83 bits per heavy atom. The molecule has 1 aliphatic heterocycles. The Labute approximate surface area is 181 Å². The van der Waals surface area contributed by atoms with Crippen molar-refractivity contribution in [2.45, 2.75) is 31.2 Å². The van der Waals surface area contributed by atoms with E-state index in [0.29, 0.717) is 5.69 Å². The van der Waals surface area contributed by atoms with Gasteiger partial charge in [-0.15, -0.1) is 0 Å². The van der Waals surface area contributed by atoms with Crippen molar-refractivity contribution >= 4 is 38.9 Å². The number of hydrogen-bond acceptors (Lipinski definition) is 3. The predicted octanol–water partition coefficient (Wildman–Crippen LogP) is 5.04. The number of aryl methyl sites for hydroxylation is 1. The maximum Gasteiger partial charge on any atom is 0.263 e. The van der Waals surface area contributed by atoms with Gasteiger partial charge < -0.3 is 4.90 Å². The van der Waals surface area contributed by atoms with Crippen LogP contribution >= 0.6 is 11.6 Å². The van der Waals surface area contributed by atoms with Crippen LogP contribution in [0.25, 0.3) is 0 Å². The number of para-hydroxylation sites is 1. The number of hydrogen-bond donors (Lipinski definition) is 1. The van der Waals surface area contributed by atoms with Crippen LogP contribution in [0.3, 0.4) is 0 Å². The number of halogens is 1. The predicted molar refractivity (Wildman–Crippen MR) is 120 cm³/mol. The third-order valence-electron chi connectivity index (χ3n) is 5.16. The van der Waals surface area contributed by atoms with Gasteiger partial charge in [0.25, 0.3) is 15.9 Å². The molecule has 3 aromatic rings. The van der Waals surface area contributed by atoms with Gasteiger partial charge in [-0.25, -0.2) is 8.42 Å². The largest absolute Gasteiger partial charge is 0.305 e. The van der Waals surface area contributed by atoms with E-state index in [9.17, 15) is 13.2 Å². The lowest BCUT2D eigenvalue weighted by atomic mass is 10.1. The molecule has 1 amide bonds. The monoisotopic (exact) mass is 440 g/mol. The van der Waals surface area contributed by atoms with Gasteiger partial charge in [0, 0.05) is 23.0 Å². The summed E-state index contributed by atoms with van der Waals surface area (Å²) in [7, 11) is -3.97. The summed E-state index contributed by atoms with van der Waals surface area (Å²) in [6.07, 6.45) is 0.759. The number of amides is 1. The first-order valence-corrected chi connectivity index (χ1v) is 11.4. The zero-order valence-corrected chi connectivity index (χ0v) is 18.2. The van der Waals surface area contributed by atoms with Crippen molar-refractivity contribution in [3.63, 3.8) is 0 Å². The minimum absolute atomic E-state index is 0.0175. The van der Waals surface area contributed by atoms with E-state index in [-0.39, 0.29) is 27.4 Å². The summed E-state index contributed by atoms with van der Waals surface area (Å²) in [5.74, 6) is -0.254. The zero-order valence-electron chi connectivity index (χ0n) is 16.6. The van der Waals surface area contributed by atoms with Gasteiger partial charge in [0.05, 0.1) is 5.02 Å². The Morgan fingerprint density at radius 3 is 2.60 bits per heavy atom. The number of carbonyl (C=O) groups excluding carboxylic acids is 1. The van der Waals surface area contributed by atoms with Crippen molar-refractivity contribution in [1.29, 1.82) is 0 Å². The molecule has 1 N–H and O–H groups in total. The third-order valence-corrected chi connectivity index (χ3v) is 7.03. The van der Waals surface area contributed by atoms with E-state index in [1.165, 1.54) is 12.1 Å². The van der Waals surface area contributed by atoms with Crippen molar-refractivity contribution in [3.05, 3.63) is 88.4 Å². The summed E-state index contributed by atoms with van der Waals surface area (Å²) in [5.41, 5.74) is 3.58. The molecule has 0 saturated heterocycles. The Hall–Kier alpha value is -2.83. The summed E-state index contributed by atoms with van der Waals surface area (Å²) in [5, 5.41) is 0.0570. The highest BCUT2D eigenvalue weighted by molar-refractivity contribution is 7.92. The molecule has 0 spiro atoms. The van der Waals surface area contributed by atoms with Crippen LogP contribution in [0, 0.1) is 6.92 Å². The molecule has 0 unspecified atom stereocenters. The van der Waals surface area contributed by atoms with Crippen molar-refractivity contribution in [2.24, 2.45) is 0 Å². The zero-order chi connectivity index (χ0) is 21.5. The van der Waals surface area contributed by atoms with Crippen molar-refractivity contribution in [3.8, 4) is 0 Å². The molecule has 4 rings (SSSR count). The van der Waals surface area contributed by atoms with E-state index in [1.807, 2.05) is 44.2 Å². The van der Waals surface area contributed by atoms with Gasteiger partial charge in [0.15, 0.2) is 0 Å². The third kappa shape index (κ3) is 3.80. The van der Waals surface area contributed by atoms with E-state index in [0.717, 1.165) is 23.2 Å². The SMILES string of the molecule is Cc1cccc(NS(=O)(=O)c2cc(C(=O)N3c4ccccc4C[C@H]3C)ccc2Cl)c1. The second-order valence-corrected chi connectivity index (χ2v) is 9.54. The fourth-order valence-corrected chi connectivity index (χ4v) is 5.35. The number of carbonyl (C=O) groups is 1. The quantitative estimate of drug-likeness (QED) is 0.618. The first-order chi connectivity index (χ1) is 14.3. The summed E-state index contributed by atoms with van der Waals surface area (Å²) >= 11 is 6.21. The number of nitrogens with zero attached hydrogens (tertiary/aromatic N) is 1. The van der Waals surface area contributed by atoms with Crippen LogP contribution in [-0.2, 0) is 16.4 Å². The average Bonchev–Trinajstić information content (AvgIpc) is 3.03. The average molecular weight is 441 g/mol. The normalized spacial score (nSPS) is 15.7. The smallest absolute Gasteiger partial charge is 0.263 e. The lowest BCUT2D eigenvalue weighted by Gasteiger charge is -2.23. The number of anilines is 2. The van der Waals surface area contributed by atoms with Crippen LogP contribution < -0.4 is 9.62 Å². The van der Waals surface area contributed by atoms with E-state index < -0.39 is 10.0 Å². The van der Waals surface area contributed by atoms with Crippen LogP contribution in [0.5, 0.6) is 0 Å². The molecule has 0 bridgehead atoms. The van der Waals surface area contributed by atoms with Crippen LogP contribution in [0.4, 0.5) is 11.4 Å². The van der Waals surface area contributed by atoms with Gasteiger partial charge >= 0.3 is 0 Å². The molecular formula is C23H21ClN2O3S. The van der Waals surface area contributed by atoms with E-state index >= 15 is 0 Å². The maximum atomic E-state index is 13.3. The molecule has 0 saturated carbocycles. The standard InChI is InChI=1S/C23H21ClN2O3S/c1-15-6-5-8-19(12-15)25-30(28,29)22-14-18(10-11-20(22)24)23(27)26-16(2)13-17-7-3-4-9-21(17)26/h3-12,14,16,25H,13H2,1-2H3/t16-/m1/s1. The Kier molecular flexibility index (Phi) is 5.30. The molecule has 154 valence electrons. The number of fused-ring (bicyclic) bond motifs is 1. The minimum atomic E-state index is -3.97. The molecule has 1 heterocycles. The molecule has 0 fully saturated rings. The van der Waals surface area contributed by atoms with Crippen LogP contribution in [0.15, 0.2) is 71.6 Å². The van der Waals surface area contributed by atoms with Crippen molar-refractivity contribution in [2.75, 3.05) is 9.62 Å². The van der Waals surface area contributed by atoms with E-state index in [4.69, 9.17) is 11.6 Å². The fourth-order valence-electron chi connectivity index (χ4n) is 3.78. The summed E-state index contributed by atoms with van der Waals surface area (Å²) in [4.78, 5) is 14.9. The topological polar surface area (TPSA) is 66.5 Å². The van der Waals surface area contributed by atoms with Gasteiger partial charge in [-0.1, -0.05) is 41.9 Å². The number of sulfonamides is 1. The van der Waals surface area contributed by atoms with E-state index in [1.54, 1.807) is 29.2 Å². The summed E-state index contributed by atoms with van der Waals surface area (Å²) in [6.45, 7) is 3.85. The van der Waals surface area contributed by atoms with Gasteiger partial charge in [-0.2, -0.15) is 0 Å². The molecule has 0 radical (unpaired) electrons. The molecule has 5 nitrogen and oxygen atoms in total. The Balaban J connectivity index is 1.69. The minimum Gasteiger partial charge on any atom is -0.305 e. The number of nitrogens with one attached hydrogen (secondary N) is 1. The number of benzene rings is 3. The fraction of sp³-hybridized carbons (Fsp3) is 0.174. The lowest BCUT2D eigenvalue weighted by molar-refractivity contribution is 0.0981. The van der Waals surface area contributed by atoms with Gasteiger partial charge in [0.1, 0.15) is 4.90 Å². The second kappa shape index (κ2) is 7.78.